The highest BCUT2D eigenvalue weighted by Crippen LogP contribution is 2.28. The lowest BCUT2D eigenvalue weighted by Gasteiger charge is -2.07. The van der Waals surface area contributed by atoms with E-state index in [1.165, 1.54) is 0 Å². The molecule has 2 aromatic rings. The van der Waals surface area contributed by atoms with Crippen LogP contribution in [0.25, 0.3) is 0 Å². The van der Waals surface area contributed by atoms with Crippen molar-refractivity contribution in [3.05, 3.63) is 68.1 Å². The van der Waals surface area contributed by atoms with E-state index in [-0.39, 0.29) is 5.56 Å². The van der Waals surface area contributed by atoms with Crippen LogP contribution in [0.4, 0.5) is 20.2 Å². The van der Waals surface area contributed by atoms with Crippen molar-refractivity contribution in [1.29, 1.82) is 0 Å². The number of carbonyl (C=O) groups excluding carboxylic acids is 1. The van der Waals surface area contributed by atoms with Gasteiger partial charge in [-0.05, 0) is 6.07 Å². The van der Waals surface area contributed by atoms with Crippen molar-refractivity contribution in [2.45, 2.75) is 0 Å². The van der Waals surface area contributed by atoms with Crippen molar-refractivity contribution >= 4 is 17.3 Å². The molecule has 0 aliphatic carbocycles. The minimum Gasteiger partial charge on any atom is -0.328 e. The van der Waals surface area contributed by atoms with Crippen molar-refractivity contribution in [3.63, 3.8) is 0 Å². The number of halogens is 2. The fourth-order valence-electron chi connectivity index (χ4n) is 1.57. The Morgan fingerprint density at radius 3 is 2.57 bits per heavy atom. The third-order valence-electron chi connectivity index (χ3n) is 2.52. The second-order valence-electron chi connectivity index (χ2n) is 3.93. The van der Waals surface area contributed by atoms with Crippen molar-refractivity contribution in [1.82, 2.24) is 4.98 Å². The zero-order chi connectivity index (χ0) is 15.6. The molecule has 1 amide bonds. The number of pyridine rings is 1. The zero-order valence-electron chi connectivity index (χ0n) is 10.2. The topological polar surface area (TPSA) is 105 Å². The maximum atomic E-state index is 13.6. The van der Waals surface area contributed by atoms with Crippen LogP contribution in [0.15, 0.2) is 35.3 Å². The lowest BCUT2D eigenvalue weighted by Crippen LogP contribution is -2.16. The molecule has 0 saturated carbocycles. The van der Waals surface area contributed by atoms with Crippen molar-refractivity contribution < 1.29 is 18.5 Å². The number of aromatic amines is 1. The quantitative estimate of drug-likeness (QED) is 0.665. The van der Waals surface area contributed by atoms with E-state index in [4.69, 9.17) is 0 Å². The molecular weight excluding hydrogens is 288 g/mol. The molecule has 0 unspecified atom stereocenters. The Balaban J connectivity index is 2.39. The number of anilines is 1. The van der Waals surface area contributed by atoms with E-state index in [1.807, 2.05) is 5.32 Å². The minimum absolute atomic E-state index is 0.0485. The Morgan fingerprint density at radius 1 is 1.29 bits per heavy atom. The molecule has 0 radical (unpaired) electrons. The van der Waals surface area contributed by atoms with Crippen LogP contribution in [0.2, 0.25) is 0 Å². The number of carbonyl (C=O) groups is 1. The molecule has 1 heterocycles. The first-order valence-corrected chi connectivity index (χ1v) is 5.52. The van der Waals surface area contributed by atoms with Crippen LogP contribution in [-0.2, 0) is 0 Å². The van der Waals surface area contributed by atoms with Crippen molar-refractivity contribution in [3.8, 4) is 0 Å². The van der Waals surface area contributed by atoms with Crippen LogP contribution in [0, 0.1) is 21.7 Å². The van der Waals surface area contributed by atoms with Crippen LogP contribution in [0.5, 0.6) is 0 Å². The number of nitrogens with one attached hydrogen (secondary N) is 2. The summed E-state index contributed by atoms with van der Waals surface area (Å²) < 4.78 is 26.6. The standard InChI is InChI=1S/C12H7F2N3O4/c13-7-3-8(14)11(9(4-7)17(20)21)16-12(19)6-1-2-10(18)15-5-6/h1-5H,(H,15,18)(H,16,19). The maximum Gasteiger partial charge on any atom is 0.298 e. The SMILES string of the molecule is O=C(Nc1c(F)cc(F)cc1[N+](=O)[O-])c1ccc(=O)[nH]c1. The van der Waals surface area contributed by atoms with E-state index in [0.717, 1.165) is 18.3 Å². The van der Waals surface area contributed by atoms with E-state index in [2.05, 4.69) is 4.98 Å². The van der Waals surface area contributed by atoms with Gasteiger partial charge in [0.05, 0.1) is 16.6 Å². The molecule has 0 atom stereocenters. The van der Waals surface area contributed by atoms with Gasteiger partial charge in [0, 0.05) is 18.3 Å². The predicted molar refractivity (Wildman–Crippen MR) is 68.0 cm³/mol. The third kappa shape index (κ3) is 3.08. The molecule has 0 fully saturated rings. The molecule has 21 heavy (non-hydrogen) atoms. The number of benzene rings is 1. The number of H-pyrrole nitrogens is 1. The van der Waals surface area contributed by atoms with Crippen LogP contribution in [0.3, 0.4) is 0 Å². The van der Waals surface area contributed by atoms with Crippen LogP contribution in [-0.4, -0.2) is 15.8 Å². The highest BCUT2D eigenvalue weighted by Gasteiger charge is 2.22. The first-order valence-electron chi connectivity index (χ1n) is 5.52. The molecule has 0 aliphatic heterocycles. The Hall–Kier alpha value is -3.10. The second-order valence-corrected chi connectivity index (χ2v) is 3.93. The summed E-state index contributed by atoms with van der Waals surface area (Å²) in [6, 6.07) is 3.12. The first-order chi connectivity index (χ1) is 9.88. The number of nitro benzene ring substituents is 1. The molecule has 7 nitrogen and oxygen atoms in total. The average molecular weight is 295 g/mol. The summed E-state index contributed by atoms with van der Waals surface area (Å²) in [5.41, 5.74) is -2.17. The molecule has 0 spiro atoms. The Kier molecular flexibility index (Phi) is 3.74. The number of amides is 1. The van der Waals surface area contributed by atoms with Crippen LogP contribution in [0.1, 0.15) is 10.4 Å². The van der Waals surface area contributed by atoms with Gasteiger partial charge in [-0.25, -0.2) is 8.78 Å². The van der Waals surface area contributed by atoms with Gasteiger partial charge in [-0.3, -0.25) is 19.7 Å². The summed E-state index contributed by atoms with van der Waals surface area (Å²) in [5, 5.41) is 12.7. The van der Waals surface area contributed by atoms with E-state index >= 15 is 0 Å². The van der Waals surface area contributed by atoms with Gasteiger partial charge in [0.1, 0.15) is 5.82 Å². The van der Waals surface area contributed by atoms with Gasteiger partial charge in [0.25, 0.3) is 11.6 Å². The molecule has 0 saturated heterocycles. The molecule has 1 aromatic carbocycles. The first kappa shape index (κ1) is 14.3. The van der Waals surface area contributed by atoms with Crippen molar-refractivity contribution in [2.24, 2.45) is 0 Å². The second kappa shape index (κ2) is 5.49. The average Bonchev–Trinajstić information content (AvgIpc) is 2.41. The van der Waals surface area contributed by atoms with Gasteiger partial charge in [-0.15, -0.1) is 0 Å². The molecular formula is C12H7F2N3O4. The molecule has 0 bridgehead atoms. The number of aromatic nitrogens is 1. The highest BCUT2D eigenvalue weighted by atomic mass is 19.1. The molecule has 0 aliphatic rings. The number of hydrogen-bond acceptors (Lipinski definition) is 4. The Morgan fingerprint density at radius 2 is 2.00 bits per heavy atom. The lowest BCUT2D eigenvalue weighted by molar-refractivity contribution is -0.384. The summed E-state index contributed by atoms with van der Waals surface area (Å²) in [6.07, 6.45) is 1.06. The van der Waals surface area contributed by atoms with E-state index in [1.54, 1.807) is 0 Å². The summed E-state index contributed by atoms with van der Waals surface area (Å²) in [4.78, 5) is 34.6. The van der Waals surface area contributed by atoms with Crippen molar-refractivity contribution in [2.75, 3.05) is 5.32 Å². The minimum atomic E-state index is -1.28. The van der Waals surface area contributed by atoms with Gasteiger partial charge in [-0.2, -0.15) is 0 Å². The fraction of sp³-hybridized carbons (Fsp3) is 0. The number of rotatable bonds is 3. The van der Waals surface area contributed by atoms with Crippen LogP contribution >= 0.6 is 0 Å². The summed E-state index contributed by atoms with van der Waals surface area (Å²) in [5.74, 6) is -3.31. The maximum absolute atomic E-state index is 13.6. The summed E-state index contributed by atoms with van der Waals surface area (Å²) in [6.45, 7) is 0. The van der Waals surface area contributed by atoms with Gasteiger partial charge < -0.3 is 10.3 Å². The Labute approximate surface area is 115 Å². The molecule has 9 heteroatoms. The highest BCUT2D eigenvalue weighted by molar-refractivity contribution is 6.05. The van der Waals surface area contributed by atoms with Gasteiger partial charge in [0.15, 0.2) is 11.5 Å². The normalized spacial score (nSPS) is 10.2. The largest absolute Gasteiger partial charge is 0.328 e. The van der Waals surface area contributed by atoms with E-state index in [9.17, 15) is 28.5 Å². The molecule has 108 valence electrons. The van der Waals surface area contributed by atoms with Gasteiger partial charge >= 0.3 is 0 Å². The third-order valence-corrected chi connectivity index (χ3v) is 2.52. The monoisotopic (exact) mass is 295 g/mol. The lowest BCUT2D eigenvalue weighted by atomic mass is 10.2. The number of nitrogens with zero attached hydrogens (tertiary/aromatic N) is 1. The molecule has 2 N–H and O–H groups in total. The summed E-state index contributed by atoms with van der Waals surface area (Å²) >= 11 is 0. The molecule has 1 aromatic heterocycles. The smallest absolute Gasteiger partial charge is 0.298 e. The van der Waals surface area contributed by atoms with Crippen LogP contribution < -0.4 is 10.9 Å². The van der Waals surface area contributed by atoms with E-state index in [0.29, 0.717) is 12.1 Å². The predicted octanol–water partition coefficient (Wildman–Crippen LogP) is 1.81. The van der Waals surface area contributed by atoms with Gasteiger partial charge in [0.2, 0.25) is 5.56 Å². The van der Waals surface area contributed by atoms with Gasteiger partial charge in [-0.1, -0.05) is 0 Å². The molecule has 2 rings (SSSR count). The van der Waals surface area contributed by atoms with E-state index < -0.39 is 39.4 Å². The zero-order valence-corrected chi connectivity index (χ0v) is 10.2. The Bertz CT molecular complexity index is 768. The number of hydrogen-bond donors (Lipinski definition) is 2. The summed E-state index contributed by atoms with van der Waals surface area (Å²) in [7, 11) is 0. The number of nitro groups is 1. The fourth-order valence-corrected chi connectivity index (χ4v) is 1.57.